The lowest BCUT2D eigenvalue weighted by atomic mass is 10.4. The molecule has 13 heavy (non-hydrogen) atoms. The fourth-order valence-corrected chi connectivity index (χ4v) is 1.33. The molecule has 3 nitrogen and oxygen atoms in total. The lowest BCUT2D eigenvalue weighted by molar-refractivity contribution is 0.288. The summed E-state index contributed by atoms with van der Waals surface area (Å²) in [7, 11) is 0. The van der Waals surface area contributed by atoms with Crippen LogP contribution >= 0.6 is 0 Å². The lowest BCUT2D eigenvalue weighted by Crippen LogP contribution is -2.33. The van der Waals surface area contributed by atoms with E-state index in [1.165, 1.54) is 13.0 Å². The van der Waals surface area contributed by atoms with Crippen molar-refractivity contribution in [3.63, 3.8) is 0 Å². The van der Waals surface area contributed by atoms with Crippen LogP contribution in [0.5, 0.6) is 0 Å². The number of hydrogen-bond acceptors (Lipinski definition) is 3. The average molecular weight is 187 g/mol. The molecule has 80 valence electrons. The molecule has 3 N–H and O–H groups in total. The van der Waals surface area contributed by atoms with Gasteiger partial charge in [0.1, 0.15) is 0 Å². The minimum Gasteiger partial charge on any atom is -0.330 e. The summed E-state index contributed by atoms with van der Waals surface area (Å²) in [4.78, 5) is 2.47. The number of nitrogens with two attached hydrogens (primary N) is 1. The summed E-state index contributed by atoms with van der Waals surface area (Å²) in [5.74, 6) is 0. The van der Waals surface area contributed by atoms with Crippen molar-refractivity contribution in [1.82, 2.24) is 10.2 Å². The Kier molecular flexibility index (Phi) is 9.87. The van der Waals surface area contributed by atoms with Gasteiger partial charge in [0.05, 0.1) is 0 Å². The van der Waals surface area contributed by atoms with Gasteiger partial charge in [0, 0.05) is 13.1 Å². The third kappa shape index (κ3) is 8.22. The van der Waals surface area contributed by atoms with Crippen LogP contribution in [0.15, 0.2) is 0 Å². The predicted octanol–water partition coefficient (Wildman–Crippen LogP) is 0.657. The van der Waals surface area contributed by atoms with Gasteiger partial charge in [-0.25, -0.2) is 0 Å². The van der Waals surface area contributed by atoms with E-state index in [9.17, 15) is 0 Å². The second-order valence-corrected chi connectivity index (χ2v) is 3.33. The molecule has 0 aliphatic heterocycles. The zero-order valence-electron chi connectivity index (χ0n) is 9.18. The van der Waals surface area contributed by atoms with E-state index < -0.39 is 0 Å². The smallest absolute Gasteiger partial charge is 0.0107 e. The maximum Gasteiger partial charge on any atom is 0.0107 e. The Morgan fingerprint density at radius 2 is 1.92 bits per heavy atom. The highest BCUT2D eigenvalue weighted by atomic mass is 15.1. The maximum atomic E-state index is 5.39. The molecule has 0 atom stereocenters. The van der Waals surface area contributed by atoms with Gasteiger partial charge in [-0.3, -0.25) is 0 Å². The van der Waals surface area contributed by atoms with E-state index in [-0.39, 0.29) is 0 Å². The molecule has 0 spiro atoms. The quantitative estimate of drug-likeness (QED) is 0.521. The molecule has 0 saturated carbocycles. The van der Waals surface area contributed by atoms with Crippen LogP contribution in [-0.4, -0.2) is 44.2 Å². The maximum absolute atomic E-state index is 5.39. The second-order valence-electron chi connectivity index (χ2n) is 3.33. The summed E-state index contributed by atoms with van der Waals surface area (Å²) in [6, 6.07) is 0. The summed E-state index contributed by atoms with van der Waals surface area (Å²) >= 11 is 0. The third-order valence-electron chi connectivity index (χ3n) is 2.15. The van der Waals surface area contributed by atoms with Gasteiger partial charge < -0.3 is 16.0 Å². The average Bonchev–Trinajstić information content (AvgIpc) is 2.16. The number of nitrogens with zero attached hydrogens (tertiary/aromatic N) is 1. The van der Waals surface area contributed by atoms with E-state index in [2.05, 4.69) is 24.1 Å². The van der Waals surface area contributed by atoms with Crippen molar-refractivity contribution in [2.45, 2.75) is 26.7 Å². The van der Waals surface area contributed by atoms with Gasteiger partial charge in [-0.05, 0) is 39.0 Å². The first-order valence-electron chi connectivity index (χ1n) is 5.48. The molecule has 0 aromatic rings. The number of likely N-dealkylation sites (N-methyl/N-ethyl adjacent to an activating group) is 1. The van der Waals surface area contributed by atoms with Crippen molar-refractivity contribution in [2.75, 3.05) is 39.3 Å². The number of rotatable bonds is 9. The molecule has 0 bridgehead atoms. The van der Waals surface area contributed by atoms with E-state index in [4.69, 9.17) is 5.73 Å². The summed E-state index contributed by atoms with van der Waals surface area (Å²) in [5, 5.41) is 3.39. The molecule has 0 aromatic heterocycles. The molecule has 0 aliphatic carbocycles. The highest BCUT2D eigenvalue weighted by molar-refractivity contribution is 4.57. The fourth-order valence-electron chi connectivity index (χ4n) is 1.33. The Morgan fingerprint density at radius 1 is 1.15 bits per heavy atom. The predicted molar refractivity (Wildman–Crippen MR) is 58.9 cm³/mol. The van der Waals surface area contributed by atoms with E-state index in [1.807, 2.05) is 0 Å². The Bertz CT molecular complexity index is 96.2. The van der Waals surface area contributed by atoms with Crippen LogP contribution < -0.4 is 11.1 Å². The molecule has 0 aromatic carbocycles. The molecule has 0 amide bonds. The zero-order valence-corrected chi connectivity index (χ0v) is 9.18. The molecule has 0 fully saturated rings. The second kappa shape index (κ2) is 9.96. The van der Waals surface area contributed by atoms with Gasteiger partial charge in [-0.15, -0.1) is 0 Å². The van der Waals surface area contributed by atoms with Crippen molar-refractivity contribution in [3.05, 3.63) is 0 Å². The van der Waals surface area contributed by atoms with Crippen LogP contribution in [0.1, 0.15) is 26.7 Å². The summed E-state index contributed by atoms with van der Waals surface area (Å²) in [6.45, 7) is 10.9. The molecular formula is C10H25N3. The first-order chi connectivity index (χ1) is 6.35. The summed E-state index contributed by atoms with van der Waals surface area (Å²) < 4.78 is 0. The van der Waals surface area contributed by atoms with Crippen LogP contribution in [0.2, 0.25) is 0 Å². The van der Waals surface area contributed by atoms with Crippen molar-refractivity contribution >= 4 is 0 Å². The largest absolute Gasteiger partial charge is 0.330 e. The van der Waals surface area contributed by atoms with E-state index in [0.717, 1.165) is 39.1 Å². The highest BCUT2D eigenvalue weighted by Gasteiger charge is 1.98. The lowest BCUT2D eigenvalue weighted by Gasteiger charge is -2.19. The van der Waals surface area contributed by atoms with Gasteiger partial charge >= 0.3 is 0 Å². The van der Waals surface area contributed by atoms with Gasteiger partial charge in [0.25, 0.3) is 0 Å². The third-order valence-corrected chi connectivity index (χ3v) is 2.15. The Morgan fingerprint density at radius 3 is 2.46 bits per heavy atom. The first kappa shape index (κ1) is 12.9. The molecule has 0 saturated heterocycles. The monoisotopic (exact) mass is 187 g/mol. The fraction of sp³-hybridized carbons (Fsp3) is 1.00. The van der Waals surface area contributed by atoms with Gasteiger partial charge in [0.2, 0.25) is 0 Å². The van der Waals surface area contributed by atoms with Crippen LogP contribution in [0.25, 0.3) is 0 Å². The Labute approximate surface area is 82.7 Å². The Balaban J connectivity index is 3.17. The van der Waals surface area contributed by atoms with Crippen LogP contribution in [0.3, 0.4) is 0 Å². The van der Waals surface area contributed by atoms with Crippen LogP contribution in [0, 0.1) is 0 Å². The molecule has 0 radical (unpaired) electrons. The first-order valence-corrected chi connectivity index (χ1v) is 5.48. The molecule has 0 rings (SSSR count). The molecule has 0 aliphatic rings. The van der Waals surface area contributed by atoms with Crippen LogP contribution in [0.4, 0.5) is 0 Å². The minimum atomic E-state index is 0.791. The molecular weight excluding hydrogens is 162 g/mol. The minimum absolute atomic E-state index is 0.791. The zero-order chi connectivity index (χ0) is 9.94. The Hall–Kier alpha value is -0.120. The van der Waals surface area contributed by atoms with E-state index >= 15 is 0 Å². The topological polar surface area (TPSA) is 41.3 Å². The molecule has 0 heterocycles. The summed E-state index contributed by atoms with van der Waals surface area (Å²) in [5.41, 5.74) is 5.39. The van der Waals surface area contributed by atoms with Gasteiger partial charge in [-0.2, -0.15) is 0 Å². The van der Waals surface area contributed by atoms with Crippen molar-refractivity contribution in [1.29, 1.82) is 0 Å². The van der Waals surface area contributed by atoms with Crippen molar-refractivity contribution in [2.24, 2.45) is 5.73 Å². The standard InChI is InChI=1S/C10H25N3/c1-3-9-13(4-2)10-8-12-7-5-6-11/h12H,3-11H2,1-2H3. The van der Waals surface area contributed by atoms with E-state index in [0.29, 0.717) is 0 Å². The van der Waals surface area contributed by atoms with Crippen molar-refractivity contribution < 1.29 is 0 Å². The number of nitrogens with one attached hydrogen (secondary N) is 1. The normalized spacial score (nSPS) is 11.1. The number of hydrogen-bond donors (Lipinski definition) is 2. The molecule has 0 unspecified atom stereocenters. The summed E-state index contributed by atoms with van der Waals surface area (Å²) in [6.07, 6.45) is 2.33. The van der Waals surface area contributed by atoms with Gasteiger partial charge in [0.15, 0.2) is 0 Å². The van der Waals surface area contributed by atoms with Crippen molar-refractivity contribution in [3.8, 4) is 0 Å². The van der Waals surface area contributed by atoms with E-state index in [1.54, 1.807) is 0 Å². The van der Waals surface area contributed by atoms with Crippen LogP contribution in [-0.2, 0) is 0 Å². The molecule has 3 heteroatoms. The van der Waals surface area contributed by atoms with Gasteiger partial charge in [-0.1, -0.05) is 13.8 Å². The highest BCUT2D eigenvalue weighted by Crippen LogP contribution is 1.88. The SMILES string of the molecule is CCCN(CC)CCNCCCN.